The van der Waals surface area contributed by atoms with Gasteiger partial charge >= 0.3 is 6.03 Å². The number of nitrogens with zero attached hydrogens (tertiary/aromatic N) is 4. The van der Waals surface area contributed by atoms with Gasteiger partial charge in [0.2, 0.25) is 5.91 Å². The lowest BCUT2D eigenvalue weighted by atomic mass is 9.84. The average Bonchev–Trinajstić information content (AvgIpc) is 3.32. The van der Waals surface area contributed by atoms with E-state index < -0.39 is 17.5 Å². The molecule has 0 saturated carbocycles. The van der Waals surface area contributed by atoms with Gasteiger partial charge in [0.1, 0.15) is 17.6 Å². The second-order valence-electron chi connectivity index (χ2n) is 10.5. The van der Waals surface area contributed by atoms with Crippen LogP contribution in [0.25, 0.3) is 0 Å². The number of benzene rings is 2. The topological polar surface area (TPSA) is 92.2 Å². The first kappa shape index (κ1) is 28.0. The minimum absolute atomic E-state index is 0.0443. The van der Waals surface area contributed by atoms with Crippen molar-refractivity contribution in [3.63, 3.8) is 0 Å². The molecule has 3 amide bonds. The van der Waals surface area contributed by atoms with E-state index >= 15 is 0 Å². The number of aromatic nitrogens is 3. The summed E-state index contributed by atoms with van der Waals surface area (Å²) in [5.74, 6) is -0.192. The second-order valence-corrected chi connectivity index (χ2v) is 11.9. The van der Waals surface area contributed by atoms with Gasteiger partial charge in [-0.3, -0.25) is 4.79 Å². The van der Waals surface area contributed by atoms with Crippen molar-refractivity contribution in [3.8, 4) is 0 Å². The van der Waals surface area contributed by atoms with E-state index in [2.05, 4.69) is 36.9 Å². The monoisotopic (exact) mass is 604 g/mol. The number of urea groups is 1. The van der Waals surface area contributed by atoms with Crippen LogP contribution in [0.15, 0.2) is 53.1 Å². The van der Waals surface area contributed by atoms with Crippen molar-refractivity contribution in [2.45, 2.75) is 52.1 Å². The molecule has 4 rings (SSSR count). The maximum atomic E-state index is 14.5. The number of hydrogen-bond donors (Lipinski definition) is 2. The van der Waals surface area contributed by atoms with Crippen LogP contribution in [0.4, 0.5) is 14.9 Å². The van der Waals surface area contributed by atoms with E-state index in [0.717, 1.165) is 0 Å². The Balaban J connectivity index is 1.37. The Morgan fingerprint density at radius 3 is 2.47 bits per heavy atom. The highest BCUT2D eigenvalue weighted by Gasteiger charge is 2.38. The van der Waals surface area contributed by atoms with E-state index in [4.69, 9.17) is 11.6 Å². The normalized spacial score (nSPS) is 15.3. The van der Waals surface area contributed by atoms with Crippen LogP contribution in [0.2, 0.25) is 5.02 Å². The first-order valence-electron chi connectivity index (χ1n) is 12.5. The minimum Gasteiger partial charge on any atom is -0.341 e. The predicted molar refractivity (Wildman–Crippen MR) is 148 cm³/mol. The zero-order valence-corrected chi connectivity index (χ0v) is 23.9. The Bertz CT molecular complexity index is 1290. The first-order valence-corrected chi connectivity index (χ1v) is 13.6. The average molecular weight is 606 g/mol. The predicted octanol–water partition coefficient (Wildman–Crippen LogP) is 6.15. The minimum atomic E-state index is -0.576. The second kappa shape index (κ2) is 11.8. The van der Waals surface area contributed by atoms with Crippen molar-refractivity contribution >= 4 is 45.2 Å². The van der Waals surface area contributed by atoms with Gasteiger partial charge in [0, 0.05) is 28.3 Å². The van der Waals surface area contributed by atoms with E-state index in [-0.39, 0.29) is 24.2 Å². The Morgan fingerprint density at radius 1 is 1.16 bits per heavy atom. The van der Waals surface area contributed by atoms with Crippen molar-refractivity contribution < 1.29 is 14.0 Å². The van der Waals surface area contributed by atoms with Gasteiger partial charge in [-0.05, 0) is 66.1 Å². The molecule has 1 aromatic heterocycles. The summed E-state index contributed by atoms with van der Waals surface area (Å²) in [7, 11) is 0. The molecule has 1 fully saturated rings. The smallest absolute Gasteiger partial charge is 0.319 e. The summed E-state index contributed by atoms with van der Waals surface area (Å²) in [6, 6.07) is 11.0. The lowest BCUT2D eigenvalue weighted by Crippen LogP contribution is -2.46. The molecule has 11 heteroatoms. The van der Waals surface area contributed by atoms with E-state index in [1.165, 1.54) is 6.07 Å². The molecule has 1 unspecified atom stereocenters. The third kappa shape index (κ3) is 6.91. The summed E-state index contributed by atoms with van der Waals surface area (Å²) >= 11 is 9.18. The summed E-state index contributed by atoms with van der Waals surface area (Å²) in [5, 5.41) is 14.5. The highest BCUT2D eigenvalue weighted by molar-refractivity contribution is 9.10. The fourth-order valence-electron chi connectivity index (χ4n) is 4.70. The molecule has 0 bridgehead atoms. The van der Waals surface area contributed by atoms with Gasteiger partial charge in [0.05, 0.1) is 12.7 Å². The lowest BCUT2D eigenvalue weighted by molar-refractivity contribution is -0.139. The Morgan fingerprint density at radius 2 is 1.84 bits per heavy atom. The van der Waals surface area contributed by atoms with E-state index in [1.807, 2.05) is 37.8 Å². The standard InChI is InChI=1S/C27H31BrClFN6O2/c1-27(2,3)24(25(37)35-12-10-17(11-13-35)22-9-4-18(28)14-23(22)30)36-16-21(33-34-36)15-31-26(38)32-20-7-5-19(29)6-8-20/h4-9,14,16-17,24H,10-13,15H2,1-3H3,(H2,31,32,38). The third-order valence-corrected chi connectivity index (χ3v) is 7.36. The maximum Gasteiger partial charge on any atom is 0.319 e. The van der Waals surface area contributed by atoms with Gasteiger partial charge in [0.25, 0.3) is 0 Å². The van der Waals surface area contributed by atoms with Crippen LogP contribution in [-0.2, 0) is 11.3 Å². The number of nitrogens with one attached hydrogen (secondary N) is 2. The van der Waals surface area contributed by atoms with Crippen molar-refractivity contribution in [3.05, 3.63) is 75.2 Å². The van der Waals surface area contributed by atoms with E-state index in [1.54, 1.807) is 35.1 Å². The third-order valence-electron chi connectivity index (χ3n) is 6.62. The highest BCUT2D eigenvalue weighted by Crippen LogP contribution is 2.35. The van der Waals surface area contributed by atoms with E-state index in [9.17, 15) is 14.0 Å². The number of piperidine rings is 1. The number of rotatable bonds is 6. The molecule has 3 aromatic rings. The van der Waals surface area contributed by atoms with Crippen molar-refractivity contribution in [2.24, 2.45) is 5.41 Å². The van der Waals surface area contributed by atoms with Crippen molar-refractivity contribution in [1.82, 2.24) is 25.2 Å². The molecule has 0 radical (unpaired) electrons. The van der Waals surface area contributed by atoms with E-state index in [0.29, 0.717) is 52.4 Å². The number of carbonyl (C=O) groups excluding carboxylic acids is 2. The van der Waals surface area contributed by atoms with Crippen LogP contribution in [0.1, 0.15) is 56.8 Å². The lowest BCUT2D eigenvalue weighted by Gasteiger charge is -2.38. The van der Waals surface area contributed by atoms with Crippen LogP contribution in [-0.4, -0.2) is 44.9 Å². The van der Waals surface area contributed by atoms with Crippen LogP contribution in [0, 0.1) is 11.2 Å². The molecule has 1 atom stereocenters. The van der Waals surface area contributed by atoms with Crippen LogP contribution in [0.3, 0.4) is 0 Å². The molecule has 1 aliphatic heterocycles. The summed E-state index contributed by atoms with van der Waals surface area (Å²) < 4.78 is 16.8. The molecule has 2 heterocycles. The summed E-state index contributed by atoms with van der Waals surface area (Å²) in [6.45, 7) is 7.18. The molecule has 1 saturated heterocycles. The number of halogens is 3. The molecule has 202 valence electrons. The Kier molecular flexibility index (Phi) is 8.72. The molecule has 38 heavy (non-hydrogen) atoms. The number of likely N-dealkylation sites (tertiary alicyclic amines) is 1. The van der Waals surface area contributed by atoms with Crippen LogP contribution in [0.5, 0.6) is 0 Å². The summed E-state index contributed by atoms with van der Waals surface area (Å²) in [6.07, 6.45) is 3.08. The zero-order valence-electron chi connectivity index (χ0n) is 21.5. The van der Waals surface area contributed by atoms with Gasteiger partial charge < -0.3 is 15.5 Å². The van der Waals surface area contributed by atoms with Gasteiger partial charge in [-0.25, -0.2) is 13.9 Å². The Labute approximate surface area is 235 Å². The SMILES string of the molecule is CC(C)(C)C(C(=O)N1CCC(c2ccc(Br)cc2F)CC1)n1cc(CNC(=O)Nc2ccc(Cl)cc2)nn1. The number of hydrogen-bond acceptors (Lipinski definition) is 4. The molecule has 0 spiro atoms. The largest absolute Gasteiger partial charge is 0.341 e. The summed E-state index contributed by atoms with van der Waals surface area (Å²) in [4.78, 5) is 27.8. The molecular weight excluding hydrogens is 575 g/mol. The fraction of sp³-hybridized carbons (Fsp3) is 0.407. The molecule has 2 aromatic carbocycles. The molecule has 2 N–H and O–H groups in total. The molecular formula is C27H31BrClFN6O2. The first-order chi connectivity index (χ1) is 18.0. The van der Waals surface area contributed by atoms with Crippen LogP contribution < -0.4 is 10.6 Å². The summed E-state index contributed by atoms with van der Waals surface area (Å²) in [5.41, 5.74) is 1.40. The van der Waals surface area contributed by atoms with Crippen LogP contribution >= 0.6 is 27.5 Å². The molecule has 1 aliphatic rings. The number of carbonyl (C=O) groups is 2. The number of amides is 3. The zero-order chi connectivity index (χ0) is 27.4. The quantitative estimate of drug-likeness (QED) is 0.353. The van der Waals surface area contributed by atoms with Gasteiger partial charge in [-0.15, -0.1) is 5.10 Å². The van der Waals surface area contributed by atoms with Crippen molar-refractivity contribution in [1.29, 1.82) is 0 Å². The maximum absolute atomic E-state index is 14.5. The fourth-order valence-corrected chi connectivity index (χ4v) is 5.16. The number of anilines is 1. The van der Waals surface area contributed by atoms with Crippen molar-refractivity contribution in [2.75, 3.05) is 18.4 Å². The molecule has 8 nitrogen and oxygen atoms in total. The van der Waals surface area contributed by atoms with Gasteiger partial charge in [0.15, 0.2) is 0 Å². The molecule has 0 aliphatic carbocycles. The Hall–Kier alpha value is -2.98. The highest BCUT2D eigenvalue weighted by atomic mass is 79.9. The van der Waals surface area contributed by atoms with Gasteiger partial charge in [-0.1, -0.05) is 59.6 Å². The van der Waals surface area contributed by atoms with Gasteiger partial charge in [-0.2, -0.15) is 0 Å².